The molecule has 103 heavy (non-hydrogen) atoms. The Morgan fingerprint density at radius 3 is 0.282 bits per heavy atom. The maximum atomic E-state index is 10.1. The van der Waals surface area contributed by atoms with E-state index in [0.717, 1.165) is 77.0 Å². The minimum absolute atomic E-state index is 0. The van der Waals surface area contributed by atoms with Crippen LogP contribution in [0, 0.1) is 31.1 Å². The Morgan fingerprint density at radius 2 is 0.214 bits per heavy atom. The van der Waals surface area contributed by atoms with Crippen LogP contribution in [0.1, 0.15) is 427 Å². The molecule has 0 heterocycles. The van der Waals surface area contributed by atoms with Gasteiger partial charge in [-0.1, -0.05) is 388 Å². The van der Waals surface area contributed by atoms with Crippen molar-refractivity contribution < 1.29 is 134 Å². The molecule has 0 aliphatic heterocycles. The van der Waals surface area contributed by atoms with Crippen molar-refractivity contribution in [1.82, 2.24) is 0 Å². The van der Waals surface area contributed by atoms with Crippen molar-refractivity contribution >= 4 is 62.4 Å². The molecular weight excluding hydrogens is 1680 g/mol. The van der Waals surface area contributed by atoms with Gasteiger partial charge in [-0.2, -0.15) is 0 Å². The first-order valence-electron chi connectivity index (χ1n) is 40.0. The molecule has 0 saturated heterocycles. The zero-order valence-electron chi connectivity index (χ0n) is 65.4. The van der Waals surface area contributed by atoms with Crippen LogP contribution in [-0.2, 0) is 87.5 Å². The van der Waals surface area contributed by atoms with Gasteiger partial charge < -0.3 is 27.3 Å². The van der Waals surface area contributed by atoms with Crippen LogP contribution >= 0.6 is 0 Å². The monoisotopic (exact) mass is 1830 g/mol. The van der Waals surface area contributed by atoms with Crippen LogP contribution in [0.5, 0.6) is 0 Å². The predicted octanol–water partition coefficient (Wildman–Crippen LogP) is 20.3. The van der Waals surface area contributed by atoms with E-state index in [-0.39, 0.29) is 70.8 Å². The summed E-state index contributed by atoms with van der Waals surface area (Å²) < 4.78 is 207. The van der Waals surface area contributed by atoms with Crippen LogP contribution in [0.3, 0.4) is 0 Å². The molecular formula is C72H150O24S6U-6. The van der Waals surface area contributed by atoms with Gasteiger partial charge in [-0.25, -0.2) is 50.5 Å². The molecule has 0 fully saturated rings. The molecule has 24 nitrogen and oxygen atoms in total. The van der Waals surface area contributed by atoms with Gasteiger partial charge in [-0.05, 0) is 38.5 Å². The Hall–Kier alpha value is 0.272. The molecule has 0 unspecified atom stereocenters. The van der Waals surface area contributed by atoms with Gasteiger partial charge in [0.15, 0.2) is 0 Å². The van der Waals surface area contributed by atoms with Gasteiger partial charge in [0.05, 0.1) is 39.6 Å². The molecule has 0 atom stereocenters. The van der Waals surface area contributed by atoms with Crippen molar-refractivity contribution in [3.63, 3.8) is 0 Å². The van der Waals surface area contributed by atoms with Gasteiger partial charge in [0, 0.05) is 31.1 Å². The van der Waals surface area contributed by atoms with Crippen molar-refractivity contribution in [3.8, 4) is 0 Å². The summed E-state index contributed by atoms with van der Waals surface area (Å²) in [7, 11) is -26.9. The van der Waals surface area contributed by atoms with E-state index in [9.17, 15) is 77.8 Å². The molecule has 0 amide bonds. The summed E-state index contributed by atoms with van der Waals surface area (Å²) in [6.07, 6.45) is 70.2. The van der Waals surface area contributed by atoms with Gasteiger partial charge in [0.1, 0.15) is 0 Å². The third-order valence-corrected chi connectivity index (χ3v) is 19.1. The van der Waals surface area contributed by atoms with Crippen molar-refractivity contribution in [2.75, 3.05) is 39.6 Å². The van der Waals surface area contributed by atoms with Crippen molar-refractivity contribution in [2.45, 2.75) is 427 Å². The smallest absolute Gasteiger partial charge is 0.217 e. The fourth-order valence-corrected chi connectivity index (χ4v) is 12.4. The predicted molar refractivity (Wildman–Crippen MR) is 405 cm³/mol. The molecule has 0 aliphatic carbocycles. The van der Waals surface area contributed by atoms with E-state index in [1.54, 1.807) is 0 Å². The molecule has 628 valence electrons. The third kappa shape index (κ3) is 145. The van der Waals surface area contributed by atoms with Crippen LogP contribution in [0.15, 0.2) is 0 Å². The normalized spacial score (nSPS) is 11.8. The number of rotatable bonds is 72. The number of hydrogen-bond acceptors (Lipinski definition) is 24. The number of unbranched alkanes of at least 4 members (excludes halogenated alkanes) is 54. The summed E-state index contributed by atoms with van der Waals surface area (Å²) in [4.78, 5) is 0. The van der Waals surface area contributed by atoms with E-state index in [1.807, 2.05) is 0 Å². The standard InChI is InChI=1S/6C12H26O4S.U/c6*1-2-3-4-5-6-7-8-9-10-11-12-16-17(13,14)15;/h6*2-12H2,1H3,(H,13,14,15);/p-6. The van der Waals surface area contributed by atoms with E-state index in [0.29, 0.717) is 38.5 Å². The molecule has 31 heteroatoms. The summed E-state index contributed by atoms with van der Waals surface area (Å²) in [5, 5.41) is 0. The first kappa shape index (κ1) is 117. The van der Waals surface area contributed by atoms with Crippen LogP contribution in [-0.4, -0.2) is 117 Å². The Balaban J connectivity index is -0.000000214. The minimum Gasteiger partial charge on any atom is -0.726 e. The van der Waals surface area contributed by atoms with Crippen LogP contribution in [0.2, 0.25) is 0 Å². The van der Waals surface area contributed by atoms with E-state index in [2.05, 4.69) is 66.6 Å². The minimum atomic E-state index is -4.48. The summed E-state index contributed by atoms with van der Waals surface area (Å²) in [6.45, 7) is 13.5. The Kier molecular flexibility index (Phi) is 101. The van der Waals surface area contributed by atoms with E-state index < -0.39 is 62.4 Å². The van der Waals surface area contributed by atoms with Gasteiger partial charge in [-0.15, -0.1) is 0 Å². The summed E-state index contributed by atoms with van der Waals surface area (Å²) in [6, 6.07) is 0. The van der Waals surface area contributed by atoms with Gasteiger partial charge in [0.2, 0.25) is 62.4 Å². The fraction of sp³-hybridized carbons (Fsp3) is 1.00. The molecule has 0 aliphatic rings. The molecule has 0 radical (unpaired) electrons. The van der Waals surface area contributed by atoms with Gasteiger partial charge >= 0.3 is 0 Å². The average molecular weight is 1830 g/mol. The van der Waals surface area contributed by atoms with Crippen molar-refractivity contribution in [2.24, 2.45) is 0 Å². The summed E-state index contributed by atoms with van der Waals surface area (Å²) >= 11 is 0. The van der Waals surface area contributed by atoms with Crippen molar-refractivity contribution in [1.29, 1.82) is 0 Å². The Morgan fingerprint density at radius 1 is 0.146 bits per heavy atom. The van der Waals surface area contributed by atoms with Crippen molar-refractivity contribution in [3.05, 3.63) is 0 Å². The zero-order valence-corrected chi connectivity index (χ0v) is 74.5. The molecule has 0 saturated carbocycles. The Bertz CT molecular complexity index is 1920. The zero-order chi connectivity index (χ0) is 77.9. The largest absolute Gasteiger partial charge is 0.726 e. The van der Waals surface area contributed by atoms with Gasteiger partial charge in [0.25, 0.3) is 0 Å². The van der Waals surface area contributed by atoms with Crippen LogP contribution in [0.25, 0.3) is 0 Å². The average Bonchev–Trinajstić information content (AvgIpc) is 1.19. The Labute approximate surface area is 657 Å². The van der Waals surface area contributed by atoms with Crippen LogP contribution in [0.4, 0.5) is 0 Å². The molecule has 0 aromatic rings. The summed E-state index contributed by atoms with van der Waals surface area (Å²) in [5.41, 5.74) is 0. The molecule has 0 aromatic heterocycles. The van der Waals surface area contributed by atoms with Crippen LogP contribution < -0.4 is 0 Å². The summed E-state index contributed by atoms with van der Waals surface area (Å²) in [5.74, 6) is 0. The first-order valence-corrected chi connectivity index (χ1v) is 48.0. The first-order chi connectivity index (χ1) is 48.4. The SMILES string of the molecule is CCCCCCCCCCCCOS(=O)(=O)[O-].CCCCCCCCCCCCOS(=O)(=O)[O-].CCCCCCCCCCCCOS(=O)(=O)[O-].CCCCCCCCCCCCOS(=O)(=O)[O-].CCCCCCCCCCCCOS(=O)(=O)[O-].CCCCCCCCCCCCOS(=O)(=O)[O-].[U]. The molecule has 0 N–H and O–H groups in total. The second kappa shape index (κ2) is 89.5. The van der Waals surface area contributed by atoms with E-state index in [1.165, 1.54) is 270 Å². The topological polar surface area (TPSA) is 399 Å². The van der Waals surface area contributed by atoms with E-state index in [4.69, 9.17) is 0 Å². The van der Waals surface area contributed by atoms with E-state index >= 15 is 0 Å². The second-order valence-electron chi connectivity index (χ2n) is 26.5. The maximum absolute atomic E-state index is 10.1. The maximum Gasteiger partial charge on any atom is 0.217 e. The quantitative estimate of drug-likeness (QED) is 0.0310. The third-order valence-electron chi connectivity index (χ3n) is 16.4. The molecule has 0 aromatic carbocycles. The molecule has 0 spiro atoms. The molecule has 0 rings (SSSR count). The second-order valence-corrected chi connectivity index (χ2v) is 32.8. The van der Waals surface area contributed by atoms with Gasteiger partial charge in [-0.3, -0.25) is 25.1 Å². The number of hydrogen-bond donors (Lipinski definition) is 0. The molecule has 0 bridgehead atoms. The fourth-order valence-electron chi connectivity index (χ4n) is 10.5.